The van der Waals surface area contributed by atoms with Crippen molar-refractivity contribution in [2.45, 2.75) is 0 Å². The van der Waals surface area contributed by atoms with Crippen LogP contribution in [0.15, 0.2) is 12.8 Å². The SMILES string of the molecule is C=CNC#CO. The second-order valence-corrected chi connectivity index (χ2v) is 0.585. The number of aliphatic hydroxyl groups excluding tert-OH is 1. The van der Waals surface area contributed by atoms with Crippen LogP contribution in [0.3, 0.4) is 0 Å². The zero-order chi connectivity index (χ0) is 4.83. The third-order valence-corrected chi connectivity index (χ3v) is 0.230. The summed E-state index contributed by atoms with van der Waals surface area (Å²) >= 11 is 0. The first kappa shape index (κ1) is 4.90. The summed E-state index contributed by atoms with van der Waals surface area (Å²) in [6, 6.07) is 2.14. The monoisotopic (exact) mass is 83.0 g/mol. The molecule has 0 rings (SSSR count). The maximum Gasteiger partial charge on any atom is 0.131 e. The van der Waals surface area contributed by atoms with Gasteiger partial charge in [0.05, 0.1) is 6.04 Å². The summed E-state index contributed by atoms with van der Waals surface area (Å²) in [5, 5.41) is 10.1. The van der Waals surface area contributed by atoms with E-state index in [4.69, 9.17) is 5.11 Å². The summed E-state index contributed by atoms with van der Waals surface area (Å²) < 4.78 is 0. The lowest BCUT2D eigenvalue weighted by molar-refractivity contribution is 0.516. The second-order valence-electron chi connectivity index (χ2n) is 0.585. The van der Waals surface area contributed by atoms with E-state index in [0.717, 1.165) is 0 Å². The van der Waals surface area contributed by atoms with Crippen LogP contribution >= 0.6 is 0 Å². The molecule has 0 unspecified atom stereocenters. The molecule has 32 valence electrons. The van der Waals surface area contributed by atoms with E-state index in [2.05, 4.69) is 17.9 Å². The summed E-state index contributed by atoms with van der Waals surface area (Å²) in [4.78, 5) is 0. The van der Waals surface area contributed by atoms with E-state index in [-0.39, 0.29) is 0 Å². The van der Waals surface area contributed by atoms with E-state index < -0.39 is 0 Å². The molecular formula is C4H5NO. The highest BCUT2D eigenvalue weighted by Crippen LogP contribution is 1.42. The Balaban J connectivity index is 3.00. The third kappa shape index (κ3) is 2.90. The smallest absolute Gasteiger partial charge is 0.131 e. The number of hydrogen-bond donors (Lipinski definition) is 2. The number of rotatable bonds is 1. The van der Waals surface area contributed by atoms with Gasteiger partial charge < -0.3 is 10.4 Å². The molecule has 0 heterocycles. The van der Waals surface area contributed by atoms with Crippen molar-refractivity contribution in [3.8, 4) is 12.2 Å². The van der Waals surface area contributed by atoms with Crippen LogP contribution in [0.4, 0.5) is 0 Å². The van der Waals surface area contributed by atoms with E-state index in [1.165, 1.54) is 6.20 Å². The van der Waals surface area contributed by atoms with Crippen molar-refractivity contribution >= 4 is 0 Å². The molecular weight excluding hydrogens is 78.0 g/mol. The minimum atomic E-state index is 1.38. The Hall–Kier alpha value is -1.10. The number of aliphatic hydroxyl groups is 1. The summed E-state index contributed by atoms with van der Waals surface area (Å²) in [6.07, 6.45) is 3.01. The summed E-state index contributed by atoms with van der Waals surface area (Å²) in [6.45, 7) is 3.27. The van der Waals surface area contributed by atoms with E-state index >= 15 is 0 Å². The van der Waals surface area contributed by atoms with Crippen LogP contribution in [0, 0.1) is 12.2 Å². The highest BCUT2D eigenvalue weighted by molar-refractivity contribution is 4.90. The van der Waals surface area contributed by atoms with Gasteiger partial charge in [0.25, 0.3) is 0 Å². The highest BCUT2D eigenvalue weighted by Gasteiger charge is 1.49. The predicted octanol–water partition coefficient (Wildman–Crippen LogP) is 0.0104. The first-order valence-electron chi connectivity index (χ1n) is 1.42. The van der Waals surface area contributed by atoms with Gasteiger partial charge in [0.2, 0.25) is 0 Å². The molecule has 0 aromatic carbocycles. The number of hydrogen-bond acceptors (Lipinski definition) is 2. The van der Waals surface area contributed by atoms with Crippen molar-refractivity contribution < 1.29 is 5.11 Å². The van der Waals surface area contributed by atoms with Crippen molar-refractivity contribution in [1.29, 1.82) is 0 Å². The first-order valence-corrected chi connectivity index (χ1v) is 1.42. The largest absolute Gasteiger partial charge is 0.461 e. The van der Waals surface area contributed by atoms with Gasteiger partial charge in [0, 0.05) is 6.20 Å². The normalized spacial score (nSPS) is 4.67. The standard InChI is InChI=1S/C4H5NO/c1-2-5-3-4-6/h2,5-6H,1H2. The van der Waals surface area contributed by atoms with Gasteiger partial charge in [-0.2, -0.15) is 0 Å². The Labute approximate surface area is 36.5 Å². The van der Waals surface area contributed by atoms with Crippen LogP contribution in [-0.4, -0.2) is 5.11 Å². The van der Waals surface area contributed by atoms with E-state index in [0.29, 0.717) is 0 Å². The molecule has 0 amide bonds. The zero-order valence-corrected chi connectivity index (χ0v) is 3.23. The van der Waals surface area contributed by atoms with Crippen LogP contribution in [-0.2, 0) is 0 Å². The molecule has 2 heteroatoms. The molecule has 2 N–H and O–H groups in total. The number of nitrogens with one attached hydrogen (secondary N) is 1. The maximum atomic E-state index is 7.73. The lowest BCUT2D eigenvalue weighted by Crippen LogP contribution is -1.88. The van der Waals surface area contributed by atoms with Crippen molar-refractivity contribution in [1.82, 2.24) is 5.32 Å². The van der Waals surface area contributed by atoms with Crippen molar-refractivity contribution in [3.63, 3.8) is 0 Å². The van der Waals surface area contributed by atoms with Gasteiger partial charge >= 0.3 is 0 Å². The minimum Gasteiger partial charge on any atom is -0.461 e. The Kier molecular flexibility index (Phi) is 3.19. The van der Waals surface area contributed by atoms with Gasteiger partial charge in [-0.05, 0) is 0 Å². The van der Waals surface area contributed by atoms with Crippen LogP contribution in [0.1, 0.15) is 0 Å². The summed E-state index contributed by atoms with van der Waals surface area (Å²) in [5.74, 6) is 0. The topological polar surface area (TPSA) is 32.3 Å². The Bertz CT molecular complexity index is 87.5. The molecule has 0 saturated carbocycles. The first-order chi connectivity index (χ1) is 2.91. The van der Waals surface area contributed by atoms with Crippen LogP contribution in [0.2, 0.25) is 0 Å². The molecule has 0 aliphatic rings. The quantitative estimate of drug-likeness (QED) is 0.346. The van der Waals surface area contributed by atoms with E-state index in [1.54, 1.807) is 6.11 Å². The maximum absolute atomic E-state index is 7.73. The van der Waals surface area contributed by atoms with Gasteiger partial charge in [-0.1, -0.05) is 6.58 Å². The molecule has 0 atom stereocenters. The van der Waals surface area contributed by atoms with E-state index in [1.807, 2.05) is 0 Å². The molecule has 0 aromatic rings. The fourth-order valence-corrected chi connectivity index (χ4v) is 0.0833. The second kappa shape index (κ2) is 3.90. The average Bonchev–Trinajstić information content (AvgIpc) is 1.61. The van der Waals surface area contributed by atoms with Crippen LogP contribution in [0.25, 0.3) is 0 Å². The van der Waals surface area contributed by atoms with Crippen LogP contribution < -0.4 is 5.32 Å². The van der Waals surface area contributed by atoms with Crippen molar-refractivity contribution in [3.05, 3.63) is 12.8 Å². The zero-order valence-electron chi connectivity index (χ0n) is 3.23. The molecule has 0 aliphatic heterocycles. The predicted molar refractivity (Wildman–Crippen MR) is 23.0 cm³/mol. The molecule has 0 saturated heterocycles. The fraction of sp³-hybridized carbons (Fsp3) is 0. The molecule has 0 bridgehead atoms. The Morgan fingerprint density at radius 1 is 1.83 bits per heavy atom. The minimum absolute atomic E-state index is 1.38. The molecule has 0 aliphatic carbocycles. The molecule has 0 fully saturated rings. The molecule has 0 radical (unpaired) electrons. The van der Waals surface area contributed by atoms with Crippen molar-refractivity contribution in [2.24, 2.45) is 0 Å². The van der Waals surface area contributed by atoms with Gasteiger partial charge in [-0.15, -0.1) is 0 Å². The summed E-state index contributed by atoms with van der Waals surface area (Å²) in [7, 11) is 0. The fourth-order valence-electron chi connectivity index (χ4n) is 0.0833. The molecule has 6 heavy (non-hydrogen) atoms. The summed E-state index contributed by atoms with van der Waals surface area (Å²) in [5.41, 5.74) is 0. The lowest BCUT2D eigenvalue weighted by Gasteiger charge is -1.72. The lowest BCUT2D eigenvalue weighted by atomic mass is 10.9. The molecule has 2 nitrogen and oxygen atoms in total. The third-order valence-electron chi connectivity index (χ3n) is 0.230. The van der Waals surface area contributed by atoms with Crippen LogP contribution in [0.5, 0.6) is 0 Å². The van der Waals surface area contributed by atoms with Gasteiger partial charge in [-0.25, -0.2) is 0 Å². The molecule has 0 aromatic heterocycles. The average molecular weight is 83.1 g/mol. The molecule has 0 spiro atoms. The Morgan fingerprint density at radius 2 is 2.50 bits per heavy atom. The highest BCUT2D eigenvalue weighted by atomic mass is 16.2. The van der Waals surface area contributed by atoms with Gasteiger partial charge in [0.1, 0.15) is 6.11 Å². The van der Waals surface area contributed by atoms with Crippen molar-refractivity contribution in [2.75, 3.05) is 0 Å². The van der Waals surface area contributed by atoms with Gasteiger partial charge in [-0.3, -0.25) is 0 Å². The van der Waals surface area contributed by atoms with Gasteiger partial charge in [0.15, 0.2) is 0 Å². The van der Waals surface area contributed by atoms with E-state index in [9.17, 15) is 0 Å². The Morgan fingerprint density at radius 3 is 2.67 bits per heavy atom.